The van der Waals surface area contributed by atoms with Crippen LogP contribution in [-0.4, -0.2) is 8.07 Å². The highest BCUT2D eigenvalue weighted by Gasteiger charge is 2.50. The maximum absolute atomic E-state index is 6.58. The van der Waals surface area contributed by atoms with Crippen molar-refractivity contribution in [2.75, 3.05) is 0 Å². The number of halogens is 1. The van der Waals surface area contributed by atoms with Gasteiger partial charge in [-0.15, -0.1) is 0 Å². The molecule has 1 aliphatic rings. The lowest BCUT2D eigenvalue weighted by molar-refractivity contribution is 1.70. The van der Waals surface area contributed by atoms with E-state index >= 15 is 0 Å². The van der Waals surface area contributed by atoms with Gasteiger partial charge >= 0.3 is 0 Å². The molecule has 0 radical (unpaired) electrons. The van der Waals surface area contributed by atoms with Crippen molar-refractivity contribution in [1.29, 1.82) is 0 Å². The third-order valence-corrected chi connectivity index (χ3v) is 12.5. The molecule has 0 aliphatic carbocycles. The van der Waals surface area contributed by atoms with Gasteiger partial charge in [-0.25, -0.2) is 0 Å². The van der Waals surface area contributed by atoms with Gasteiger partial charge in [-0.3, -0.25) is 0 Å². The molecule has 1 heterocycles. The lowest BCUT2D eigenvalue weighted by Crippen LogP contribution is -2.73. The van der Waals surface area contributed by atoms with Crippen LogP contribution < -0.4 is 20.7 Å². The van der Waals surface area contributed by atoms with Crippen LogP contribution in [0.2, 0.25) is 5.02 Å². The summed E-state index contributed by atoms with van der Waals surface area (Å²) in [6, 6.07) is 46.7. The Hall–Kier alpha value is -3.65. The molecule has 0 N–H and O–H groups in total. The van der Waals surface area contributed by atoms with Gasteiger partial charge in [0.1, 0.15) is 0 Å². The van der Waals surface area contributed by atoms with Crippen molar-refractivity contribution in [3.63, 3.8) is 0 Å². The Morgan fingerprint density at radius 2 is 1.06 bits per heavy atom. The number of hydrogen-bond donors (Lipinski definition) is 0. The van der Waals surface area contributed by atoms with Crippen molar-refractivity contribution in [2.45, 2.75) is 0 Å². The molecule has 0 fully saturated rings. The third-order valence-electron chi connectivity index (χ3n) is 7.38. The highest BCUT2D eigenvalue weighted by atomic mass is 35.5. The van der Waals surface area contributed by atoms with E-state index in [9.17, 15) is 0 Å². The second-order valence-corrected chi connectivity index (χ2v) is 13.1. The van der Waals surface area contributed by atoms with E-state index in [2.05, 4.69) is 127 Å². The molecule has 0 saturated carbocycles. The SMILES string of the molecule is Clc1ccc2c3c(c4ccccc4c2c1)-c1ccccc1[Si]3(c1ccccc1)c1ccccc1. The number of fused-ring (bicyclic) bond motifs is 8. The van der Waals surface area contributed by atoms with Gasteiger partial charge in [0, 0.05) is 5.02 Å². The maximum atomic E-state index is 6.58. The van der Waals surface area contributed by atoms with Gasteiger partial charge in [-0.05, 0) is 65.6 Å². The molecule has 0 nitrogen and oxygen atoms in total. The van der Waals surface area contributed by atoms with E-state index in [0.29, 0.717) is 0 Å². The van der Waals surface area contributed by atoms with Crippen LogP contribution in [0.25, 0.3) is 32.7 Å². The van der Waals surface area contributed by atoms with E-state index in [-0.39, 0.29) is 0 Å². The summed E-state index contributed by atoms with van der Waals surface area (Å²) < 4.78 is 0. The van der Waals surface area contributed by atoms with Gasteiger partial charge in [0.2, 0.25) is 0 Å². The summed E-state index contributed by atoms with van der Waals surface area (Å²) in [4.78, 5) is 0. The molecule has 6 aromatic carbocycles. The van der Waals surface area contributed by atoms with Crippen molar-refractivity contribution in [1.82, 2.24) is 0 Å². The summed E-state index contributed by atoms with van der Waals surface area (Å²) in [6.07, 6.45) is 0. The molecular formula is C32H21ClSi. The molecular weight excluding hydrogens is 448 g/mol. The number of rotatable bonds is 2. The van der Waals surface area contributed by atoms with Crippen molar-refractivity contribution in [3.8, 4) is 11.1 Å². The minimum absolute atomic E-state index is 0.778. The molecule has 7 rings (SSSR count). The fourth-order valence-corrected chi connectivity index (χ4v) is 11.7. The molecule has 0 amide bonds. The van der Waals surface area contributed by atoms with Crippen molar-refractivity contribution in [3.05, 3.63) is 132 Å². The predicted molar refractivity (Wildman–Crippen MR) is 149 cm³/mol. The molecule has 0 saturated heterocycles. The zero-order chi connectivity index (χ0) is 22.7. The first-order chi connectivity index (χ1) is 16.8. The molecule has 34 heavy (non-hydrogen) atoms. The topological polar surface area (TPSA) is 0 Å². The molecule has 6 aromatic rings. The quantitative estimate of drug-likeness (QED) is 0.215. The van der Waals surface area contributed by atoms with Gasteiger partial charge in [0.05, 0.1) is 0 Å². The predicted octanol–water partition coefficient (Wildman–Crippen LogP) is 6.00. The van der Waals surface area contributed by atoms with E-state index in [1.807, 2.05) is 0 Å². The summed E-state index contributed by atoms with van der Waals surface area (Å²) in [5.74, 6) is 0. The van der Waals surface area contributed by atoms with Crippen molar-refractivity contribution in [2.24, 2.45) is 0 Å². The molecule has 2 heteroatoms. The Kier molecular flexibility index (Phi) is 4.32. The van der Waals surface area contributed by atoms with Gasteiger partial charge in [0.25, 0.3) is 0 Å². The first-order valence-corrected chi connectivity index (χ1v) is 14.0. The standard InChI is InChI=1S/C32H21ClSi/c33-22-19-20-27-29(21-22)25-15-7-8-16-26(25)31-28-17-9-10-18-30(28)34(32(27)31,23-11-3-1-4-12-23)24-13-5-2-6-14-24/h1-21H. The van der Waals surface area contributed by atoms with Gasteiger partial charge in [-0.2, -0.15) is 0 Å². The summed E-state index contributed by atoms with van der Waals surface area (Å²) >= 11 is 6.58. The third kappa shape index (κ3) is 2.54. The van der Waals surface area contributed by atoms with Gasteiger partial charge < -0.3 is 0 Å². The Morgan fingerprint density at radius 1 is 0.471 bits per heavy atom. The Bertz CT molecular complexity index is 1670. The van der Waals surface area contributed by atoms with E-state index in [0.717, 1.165) is 5.02 Å². The monoisotopic (exact) mass is 468 g/mol. The van der Waals surface area contributed by atoms with E-state index < -0.39 is 8.07 Å². The van der Waals surface area contributed by atoms with E-state index in [1.54, 1.807) is 0 Å². The van der Waals surface area contributed by atoms with Gasteiger partial charge in [-0.1, -0.05) is 127 Å². The summed E-state index contributed by atoms with van der Waals surface area (Å²) in [7, 11) is -2.57. The lowest BCUT2D eigenvalue weighted by Gasteiger charge is -2.32. The van der Waals surface area contributed by atoms with Crippen LogP contribution in [0.5, 0.6) is 0 Å². The molecule has 160 valence electrons. The number of benzene rings is 6. The largest absolute Gasteiger partial charge is 0.181 e. The zero-order valence-corrected chi connectivity index (χ0v) is 20.3. The highest BCUT2D eigenvalue weighted by molar-refractivity contribution is 7.23. The molecule has 0 unspecified atom stereocenters. The van der Waals surface area contributed by atoms with E-state index in [4.69, 9.17) is 11.6 Å². The molecule has 0 bridgehead atoms. The summed E-state index contributed by atoms with van der Waals surface area (Å²) in [5, 5.41) is 11.7. The number of hydrogen-bond acceptors (Lipinski definition) is 0. The smallest absolute Gasteiger partial charge is 0.0843 e. The summed E-state index contributed by atoms with van der Waals surface area (Å²) in [5.41, 5.74) is 2.75. The molecule has 0 spiro atoms. The second kappa shape index (κ2) is 7.43. The van der Waals surface area contributed by atoms with Crippen molar-refractivity contribution < 1.29 is 0 Å². The van der Waals surface area contributed by atoms with Crippen LogP contribution in [0.4, 0.5) is 0 Å². The zero-order valence-electron chi connectivity index (χ0n) is 18.5. The fourth-order valence-electron chi connectivity index (χ4n) is 6.14. The molecule has 1 aliphatic heterocycles. The Balaban J connectivity index is 1.81. The summed E-state index contributed by atoms with van der Waals surface area (Å²) in [6.45, 7) is 0. The van der Waals surface area contributed by atoms with Crippen LogP contribution in [0, 0.1) is 0 Å². The van der Waals surface area contributed by atoms with Crippen LogP contribution in [0.3, 0.4) is 0 Å². The molecule has 0 atom stereocenters. The average Bonchev–Trinajstić information content (AvgIpc) is 3.22. The first-order valence-electron chi connectivity index (χ1n) is 11.7. The highest BCUT2D eigenvalue weighted by Crippen LogP contribution is 2.39. The maximum Gasteiger partial charge on any atom is 0.181 e. The first kappa shape index (κ1) is 19.8. The minimum atomic E-state index is -2.57. The van der Waals surface area contributed by atoms with Crippen LogP contribution >= 0.6 is 11.6 Å². The van der Waals surface area contributed by atoms with Crippen LogP contribution in [0.1, 0.15) is 0 Å². The Labute approximate surface area is 205 Å². The fraction of sp³-hybridized carbons (Fsp3) is 0. The lowest BCUT2D eigenvalue weighted by atomic mass is 9.93. The van der Waals surface area contributed by atoms with Crippen LogP contribution in [0.15, 0.2) is 127 Å². The van der Waals surface area contributed by atoms with Crippen molar-refractivity contribution >= 4 is 62.0 Å². The average molecular weight is 469 g/mol. The Morgan fingerprint density at radius 3 is 1.76 bits per heavy atom. The minimum Gasteiger partial charge on any atom is -0.0843 e. The second-order valence-electron chi connectivity index (χ2n) is 9.01. The van der Waals surface area contributed by atoms with Crippen LogP contribution in [-0.2, 0) is 0 Å². The normalized spacial score (nSPS) is 13.7. The molecule has 0 aromatic heterocycles. The van der Waals surface area contributed by atoms with Gasteiger partial charge in [0.15, 0.2) is 8.07 Å². The van der Waals surface area contributed by atoms with E-state index in [1.165, 1.54) is 53.4 Å².